The highest BCUT2D eigenvalue weighted by Crippen LogP contribution is 2.38. The van der Waals surface area contributed by atoms with Crippen LogP contribution < -0.4 is 9.47 Å². The smallest absolute Gasteiger partial charge is 0.340 e. The number of nitrogens with zero attached hydrogens (tertiary/aromatic N) is 1. The van der Waals surface area contributed by atoms with Gasteiger partial charge in [-0.1, -0.05) is 12.8 Å². The normalized spacial score (nSPS) is 19.2. The van der Waals surface area contributed by atoms with Gasteiger partial charge < -0.3 is 19.1 Å². The van der Waals surface area contributed by atoms with Crippen molar-refractivity contribution in [2.75, 3.05) is 21.3 Å². The summed E-state index contributed by atoms with van der Waals surface area (Å²) in [6.07, 6.45) is 5.78. The second-order valence-corrected chi connectivity index (χ2v) is 6.73. The highest BCUT2D eigenvalue weighted by atomic mass is 16.5. The van der Waals surface area contributed by atoms with Gasteiger partial charge in [0.05, 0.1) is 32.5 Å². The maximum absolute atomic E-state index is 13.2. The molecule has 0 N–H and O–H groups in total. The van der Waals surface area contributed by atoms with Crippen molar-refractivity contribution < 1.29 is 23.8 Å². The van der Waals surface area contributed by atoms with Gasteiger partial charge in [-0.15, -0.1) is 0 Å². The Labute approximate surface area is 159 Å². The van der Waals surface area contributed by atoms with Gasteiger partial charge in [-0.05, 0) is 44.0 Å². The Hall–Kier alpha value is -2.76. The van der Waals surface area contributed by atoms with E-state index in [-0.39, 0.29) is 11.9 Å². The van der Waals surface area contributed by atoms with Crippen LogP contribution in [0.15, 0.2) is 35.0 Å². The highest BCUT2D eigenvalue weighted by Gasteiger charge is 2.41. The topological polar surface area (TPSA) is 65.1 Å². The van der Waals surface area contributed by atoms with E-state index < -0.39 is 5.97 Å². The van der Waals surface area contributed by atoms with Gasteiger partial charge in [-0.3, -0.25) is 4.79 Å². The van der Waals surface area contributed by atoms with Crippen molar-refractivity contribution in [3.8, 4) is 11.5 Å². The predicted molar refractivity (Wildman–Crippen MR) is 101 cm³/mol. The van der Waals surface area contributed by atoms with Crippen LogP contribution in [-0.4, -0.2) is 44.1 Å². The van der Waals surface area contributed by atoms with Crippen molar-refractivity contribution in [2.24, 2.45) is 0 Å². The molecule has 0 spiro atoms. The molecule has 6 nitrogen and oxygen atoms in total. The van der Waals surface area contributed by atoms with E-state index in [4.69, 9.17) is 14.2 Å². The number of benzene rings is 1. The van der Waals surface area contributed by atoms with Crippen LogP contribution >= 0.6 is 0 Å². The Bertz CT molecular complexity index is 818. The Morgan fingerprint density at radius 1 is 1.15 bits per heavy atom. The van der Waals surface area contributed by atoms with Crippen LogP contribution in [0.25, 0.3) is 6.08 Å². The first kappa shape index (κ1) is 19.0. The molecular weight excluding hydrogens is 346 g/mol. The summed E-state index contributed by atoms with van der Waals surface area (Å²) in [5.74, 6) is 0.567. The molecule has 0 saturated heterocycles. The molecule has 1 saturated carbocycles. The van der Waals surface area contributed by atoms with Crippen LogP contribution in [0.5, 0.6) is 11.5 Å². The summed E-state index contributed by atoms with van der Waals surface area (Å²) in [5.41, 5.74) is 1.98. The molecule has 27 heavy (non-hydrogen) atoms. The fourth-order valence-corrected chi connectivity index (χ4v) is 3.91. The third-order valence-corrected chi connectivity index (χ3v) is 5.26. The first-order valence-corrected chi connectivity index (χ1v) is 9.08. The summed E-state index contributed by atoms with van der Waals surface area (Å²) in [7, 11) is 4.47. The van der Waals surface area contributed by atoms with Gasteiger partial charge in [-0.2, -0.15) is 0 Å². The first-order chi connectivity index (χ1) is 13.0. The van der Waals surface area contributed by atoms with Gasteiger partial charge in [0.1, 0.15) is 11.5 Å². The van der Waals surface area contributed by atoms with Crippen molar-refractivity contribution in [2.45, 2.75) is 38.6 Å². The molecule has 0 atom stereocenters. The highest BCUT2D eigenvalue weighted by molar-refractivity contribution is 6.16. The van der Waals surface area contributed by atoms with Crippen molar-refractivity contribution in [3.05, 3.63) is 40.6 Å². The zero-order valence-corrected chi connectivity index (χ0v) is 16.2. The molecule has 1 aliphatic carbocycles. The fraction of sp³-hybridized carbons (Fsp3) is 0.429. The molecule has 1 aromatic rings. The van der Waals surface area contributed by atoms with Crippen LogP contribution in [-0.2, 0) is 14.3 Å². The number of rotatable bonds is 5. The van der Waals surface area contributed by atoms with Crippen LogP contribution in [0.4, 0.5) is 0 Å². The summed E-state index contributed by atoms with van der Waals surface area (Å²) in [4.78, 5) is 27.4. The number of hydrogen-bond acceptors (Lipinski definition) is 5. The second kappa shape index (κ2) is 7.86. The molecule has 0 bridgehead atoms. The van der Waals surface area contributed by atoms with Crippen LogP contribution in [0.1, 0.15) is 38.2 Å². The zero-order valence-electron chi connectivity index (χ0n) is 16.2. The number of ether oxygens (including phenoxy) is 3. The van der Waals surface area contributed by atoms with E-state index in [1.807, 2.05) is 6.92 Å². The van der Waals surface area contributed by atoms with Crippen LogP contribution in [0, 0.1) is 0 Å². The van der Waals surface area contributed by atoms with Gasteiger partial charge in [0.2, 0.25) is 0 Å². The lowest BCUT2D eigenvalue weighted by molar-refractivity contribution is -0.136. The van der Waals surface area contributed by atoms with E-state index in [0.29, 0.717) is 33.9 Å². The number of carbonyl (C=O) groups excluding carboxylic acids is 2. The molecule has 144 valence electrons. The summed E-state index contributed by atoms with van der Waals surface area (Å²) < 4.78 is 15.7. The maximum Gasteiger partial charge on any atom is 0.340 e. The van der Waals surface area contributed by atoms with E-state index >= 15 is 0 Å². The van der Waals surface area contributed by atoms with E-state index in [1.54, 1.807) is 43.4 Å². The minimum absolute atomic E-state index is 0.135. The number of esters is 1. The average Bonchev–Trinajstić information content (AvgIpc) is 3.28. The Balaban J connectivity index is 2.11. The minimum Gasteiger partial charge on any atom is -0.497 e. The molecule has 1 amide bonds. The number of allylic oxidation sites excluding steroid dienone is 1. The largest absolute Gasteiger partial charge is 0.497 e. The number of amides is 1. The summed E-state index contributed by atoms with van der Waals surface area (Å²) >= 11 is 0. The first-order valence-electron chi connectivity index (χ1n) is 9.08. The standard InChI is InChI=1S/C21H25NO5/c1-13-19(21(24)27-4)17(20(23)22(13)15-7-5-6-8-15)12-14-11-16(25-2)9-10-18(14)26-3/h9-12,15H,5-8H2,1-4H3. The minimum atomic E-state index is -0.505. The van der Waals surface area contributed by atoms with Crippen molar-refractivity contribution >= 4 is 18.0 Å². The zero-order chi connectivity index (χ0) is 19.6. The number of methoxy groups -OCH3 is 3. The summed E-state index contributed by atoms with van der Waals surface area (Å²) in [5, 5.41) is 0. The van der Waals surface area contributed by atoms with Crippen molar-refractivity contribution in [1.29, 1.82) is 0 Å². The summed E-state index contributed by atoms with van der Waals surface area (Å²) in [6, 6.07) is 5.47. The molecule has 6 heteroatoms. The van der Waals surface area contributed by atoms with Gasteiger partial charge in [0.15, 0.2) is 0 Å². The lowest BCUT2D eigenvalue weighted by Crippen LogP contribution is -2.34. The number of hydrogen-bond donors (Lipinski definition) is 0. The second-order valence-electron chi connectivity index (χ2n) is 6.73. The molecule has 3 rings (SSSR count). The van der Waals surface area contributed by atoms with Gasteiger partial charge in [0, 0.05) is 17.3 Å². The molecule has 0 aromatic heterocycles. The molecule has 1 heterocycles. The Kier molecular flexibility index (Phi) is 5.54. The van der Waals surface area contributed by atoms with Gasteiger partial charge in [0.25, 0.3) is 5.91 Å². The molecule has 1 aromatic carbocycles. The van der Waals surface area contributed by atoms with Crippen molar-refractivity contribution in [1.82, 2.24) is 4.90 Å². The molecule has 1 aliphatic heterocycles. The molecule has 0 unspecified atom stereocenters. The maximum atomic E-state index is 13.2. The van der Waals surface area contributed by atoms with Crippen molar-refractivity contribution in [3.63, 3.8) is 0 Å². The molecular formula is C21H25NO5. The quantitative estimate of drug-likeness (QED) is 0.587. The third-order valence-electron chi connectivity index (χ3n) is 5.26. The lowest BCUT2D eigenvalue weighted by atomic mass is 10.0. The number of carbonyl (C=O) groups is 2. The fourth-order valence-electron chi connectivity index (χ4n) is 3.91. The average molecular weight is 371 g/mol. The third kappa shape index (κ3) is 3.44. The summed E-state index contributed by atoms with van der Waals surface area (Å²) in [6.45, 7) is 1.81. The van der Waals surface area contributed by atoms with Crippen LogP contribution in [0.2, 0.25) is 0 Å². The van der Waals surface area contributed by atoms with E-state index in [9.17, 15) is 9.59 Å². The monoisotopic (exact) mass is 371 g/mol. The SMILES string of the molecule is COC(=O)C1=C(C)N(C2CCCC2)C(=O)C1=Cc1cc(OC)ccc1OC. The van der Waals surface area contributed by atoms with Gasteiger partial charge >= 0.3 is 5.97 Å². The Morgan fingerprint density at radius 3 is 2.44 bits per heavy atom. The molecule has 0 radical (unpaired) electrons. The molecule has 1 fully saturated rings. The van der Waals surface area contributed by atoms with E-state index in [1.165, 1.54) is 7.11 Å². The van der Waals surface area contributed by atoms with E-state index in [0.717, 1.165) is 25.7 Å². The van der Waals surface area contributed by atoms with E-state index in [2.05, 4.69) is 0 Å². The van der Waals surface area contributed by atoms with Gasteiger partial charge in [-0.25, -0.2) is 4.79 Å². The molecule has 2 aliphatic rings. The Morgan fingerprint density at radius 2 is 1.85 bits per heavy atom. The van der Waals surface area contributed by atoms with Crippen LogP contribution in [0.3, 0.4) is 0 Å². The predicted octanol–water partition coefficient (Wildman–Crippen LogP) is 3.32. The lowest BCUT2D eigenvalue weighted by Gasteiger charge is -2.25.